The van der Waals surface area contributed by atoms with E-state index in [2.05, 4.69) is 21.2 Å². The molecule has 3 aromatic heterocycles. The number of hydrogen-bond donors (Lipinski definition) is 1. The fourth-order valence-corrected chi connectivity index (χ4v) is 4.27. The number of pyridine rings is 1. The molecule has 0 atom stereocenters. The van der Waals surface area contributed by atoms with E-state index >= 15 is 0 Å². The maximum Gasteiger partial charge on any atom is 0.337 e. The first-order chi connectivity index (χ1) is 17.0. The molecule has 1 saturated carbocycles. The SMILES string of the molecule is COC(=O)c1ccc2nc(-c3cc(-c4ccc(F)cc4-c4nncn4C)cc(C4CC4)n3)[nH]c2c1. The summed E-state index contributed by atoms with van der Waals surface area (Å²) >= 11 is 0. The number of halogens is 1. The molecule has 0 saturated heterocycles. The molecule has 1 aliphatic carbocycles. The van der Waals surface area contributed by atoms with Gasteiger partial charge in [-0.05, 0) is 66.4 Å². The van der Waals surface area contributed by atoms with Crippen LogP contribution in [0.25, 0.3) is 45.1 Å². The van der Waals surface area contributed by atoms with Crippen LogP contribution in [0.4, 0.5) is 4.39 Å². The largest absolute Gasteiger partial charge is 0.465 e. The number of fused-ring (bicyclic) bond motifs is 1. The van der Waals surface area contributed by atoms with Crippen LogP contribution in [0.2, 0.25) is 0 Å². The number of H-pyrrole nitrogens is 1. The molecule has 1 N–H and O–H groups in total. The fourth-order valence-electron chi connectivity index (χ4n) is 4.27. The third kappa shape index (κ3) is 3.84. The summed E-state index contributed by atoms with van der Waals surface area (Å²) in [5, 5.41) is 8.16. The predicted molar refractivity (Wildman–Crippen MR) is 128 cm³/mol. The van der Waals surface area contributed by atoms with E-state index in [0.717, 1.165) is 35.2 Å². The number of imidazole rings is 1. The van der Waals surface area contributed by atoms with Crippen molar-refractivity contribution in [2.24, 2.45) is 7.05 Å². The topological polar surface area (TPSA) is 98.6 Å². The average Bonchev–Trinajstić information content (AvgIpc) is 3.50. The lowest BCUT2D eigenvalue weighted by atomic mass is 9.97. The van der Waals surface area contributed by atoms with Crippen molar-refractivity contribution in [3.8, 4) is 34.0 Å². The number of hydrogen-bond acceptors (Lipinski definition) is 6. The molecule has 0 bridgehead atoms. The van der Waals surface area contributed by atoms with Crippen LogP contribution in [0, 0.1) is 5.82 Å². The second-order valence-corrected chi connectivity index (χ2v) is 8.70. The van der Waals surface area contributed by atoms with Crippen molar-refractivity contribution < 1.29 is 13.9 Å². The first-order valence-corrected chi connectivity index (χ1v) is 11.2. The van der Waals surface area contributed by atoms with Gasteiger partial charge in [0.2, 0.25) is 0 Å². The minimum atomic E-state index is -0.410. The first kappa shape index (κ1) is 21.2. The summed E-state index contributed by atoms with van der Waals surface area (Å²) < 4.78 is 20.9. The summed E-state index contributed by atoms with van der Waals surface area (Å²) in [5.74, 6) is 0.801. The van der Waals surface area contributed by atoms with E-state index < -0.39 is 5.97 Å². The number of methoxy groups -OCH3 is 1. The van der Waals surface area contributed by atoms with Crippen molar-refractivity contribution in [2.45, 2.75) is 18.8 Å². The van der Waals surface area contributed by atoms with Crippen LogP contribution in [0.3, 0.4) is 0 Å². The van der Waals surface area contributed by atoms with Gasteiger partial charge in [0.05, 0.1) is 23.7 Å². The Balaban J connectivity index is 1.51. The summed E-state index contributed by atoms with van der Waals surface area (Å²) in [5.41, 5.74) is 5.89. The summed E-state index contributed by atoms with van der Waals surface area (Å²) in [4.78, 5) is 24.8. The number of carbonyl (C=O) groups is 1. The molecule has 6 rings (SSSR count). The van der Waals surface area contributed by atoms with E-state index in [1.807, 2.05) is 13.1 Å². The van der Waals surface area contributed by atoms with Gasteiger partial charge >= 0.3 is 5.97 Å². The van der Waals surface area contributed by atoms with Crippen molar-refractivity contribution in [2.75, 3.05) is 7.11 Å². The van der Waals surface area contributed by atoms with Gasteiger partial charge in [-0.25, -0.2) is 19.2 Å². The zero-order valence-corrected chi connectivity index (χ0v) is 19.1. The van der Waals surface area contributed by atoms with E-state index in [-0.39, 0.29) is 5.82 Å². The van der Waals surface area contributed by atoms with Crippen LogP contribution >= 0.6 is 0 Å². The molecule has 5 aromatic rings. The summed E-state index contributed by atoms with van der Waals surface area (Å²) in [6, 6.07) is 13.9. The van der Waals surface area contributed by atoms with E-state index in [1.54, 1.807) is 35.2 Å². The van der Waals surface area contributed by atoms with Crippen molar-refractivity contribution in [1.29, 1.82) is 0 Å². The van der Waals surface area contributed by atoms with Gasteiger partial charge in [0, 0.05) is 24.2 Å². The molecule has 1 aliphatic rings. The van der Waals surface area contributed by atoms with Crippen molar-refractivity contribution >= 4 is 17.0 Å². The molecule has 3 heterocycles. The lowest BCUT2D eigenvalue weighted by Crippen LogP contribution is -2.00. The molecule has 0 spiro atoms. The number of rotatable bonds is 5. The van der Waals surface area contributed by atoms with Crippen LogP contribution in [-0.4, -0.2) is 42.8 Å². The van der Waals surface area contributed by atoms with Gasteiger partial charge in [-0.15, -0.1) is 10.2 Å². The van der Waals surface area contributed by atoms with Gasteiger partial charge in [-0.1, -0.05) is 6.07 Å². The van der Waals surface area contributed by atoms with E-state index in [1.165, 1.54) is 19.2 Å². The van der Waals surface area contributed by atoms with Crippen LogP contribution in [0.5, 0.6) is 0 Å². The van der Waals surface area contributed by atoms with Crippen molar-refractivity contribution in [1.82, 2.24) is 29.7 Å². The number of benzene rings is 2. The van der Waals surface area contributed by atoms with Gasteiger partial charge in [0.15, 0.2) is 11.6 Å². The number of aromatic amines is 1. The Labute approximate surface area is 199 Å². The normalized spacial score (nSPS) is 13.3. The lowest BCUT2D eigenvalue weighted by Gasteiger charge is -2.12. The van der Waals surface area contributed by atoms with Crippen LogP contribution in [-0.2, 0) is 11.8 Å². The molecule has 35 heavy (non-hydrogen) atoms. The van der Waals surface area contributed by atoms with Crippen molar-refractivity contribution in [3.63, 3.8) is 0 Å². The Morgan fingerprint density at radius 2 is 1.94 bits per heavy atom. The second-order valence-electron chi connectivity index (χ2n) is 8.70. The number of aryl methyl sites for hydroxylation is 1. The molecule has 9 heteroatoms. The average molecular weight is 468 g/mol. The van der Waals surface area contributed by atoms with Crippen molar-refractivity contribution in [3.05, 3.63) is 71.9 Å². The molecular formula is C26H21FN6O2. The Morgan fingerprint density at radius 3 is 2.69 bits per heavy atom. The molecule has 0 aliphatic heterocycles. The Hall–Kier alpha value is -4.40. The van der Waals surface area contributed by atoms with E-state index in [4.69, 9.17) is 14.7 Å². The molecule has 8 nitrogen and oxygen atoms in total. The highest BCUT2D eigenvalue weighted by atomic mass is 19.1. The summed E-state index contributed by atoms with van der Waals surface area (Å²) in [6.45, 7) is 0. The molecular weight excluding hydrogens is 447 g/mol. The molecule has 0 radical (unpaired) electrons. The summed E-state index contributed by atoms with van der Waals surface area (Å²) in [6.07, 6.45) is 3.75. The molecule has 0 amide bonds. The molecule has 174 valence electrons. The van der Waals surface area contributed by atoms with Gasteiger partial charge in [-0.2, -0.15) is 0 Å². The highest BCUT2D eigenvalue weighted by Crippen LogP contribution is 2.42. The van der Waals surface area contributed by atoms with E-state index in [9.17, 15) is 9.18 Å². The number of esters is 1. The minimum absolute atomic E-state index is 0.345. The number of nitrogens with one attached hydrogen (secondary N) is 1. The Bertz CT molecular complexity index is 1600. The monoisotopic (exact) mass is 468 g/mol. The zero-order valence-electron chi connectivity index (χ0n) is 19.1. The Kier molecular flexibility index (Phi) is 4.91. The van der Waals surface area contributed by atoms with Gasteiger partial charge < -0.3 is 14.3 Å². The fraction of sp³-hybridized carbons (Fsp3) is 0.192. The highest BCUT2D eigenvalue weighted by molar-refractivity contribution is 5.94. The number of aromatic nitrogens is 6. The first-order valence-electron chi connectivity index (χ1n) is 11.2. The molecule has 0 unspecified atom stereocenters. The third-order valence-electron chi connectivity index (χ3n) is 6.23. The highest BCUT2D eigenvalue weighted by Gasteiger charge is 2.27. The van der Waals surface area contributed by atoms with Crippen LogP contribution in [0.1, 0.15) is 34.8 Å². The number of carbonyl (C=O) groups excluding carboxylic acids is 1. The molecule has 2 aromatic carbocycles. The summed E-state index contributed by atoms with van der Waals surface area (Å²) in [7, 11) is 3.18. The predicted octanol–water partition coefficient (Wildman–Crippen LogP) is 4.89. The maximum atomic E-state index is 14.3. The standard InChI is InChI=1S/C26H21FN6O2/c1-33-13-28-32-25(33)19-12-17(27)6-7-18(19)16-10-21(14-3-4-14)29-23(11-16)24-30-20-8-5-15(26(34)35-2)9-22(20)31-24/h5-14H,3-4H2,1-2H3,(H,30,31). The van der Waals surface area contributed by atoms with Crippen LogP contribution < -0.4 is 0 Å². The minimum Gasteiger partial charge on any atom is -0.465 e. The second kappa shape index (κ2) is 8.12. The maximum absolute atomic E-state index is 14.3. The van der Waals surface area contributed by atoms with Gasteiger partial charge in [0.25, 0.3) is 0 Å². The van der Waals surface area contributed by atoms with Crippen LogP contribution in [0.15, 0.2) is 54.9 Å². The van der Waals surface area contributed by atoms with E-state index in [0.29, 0.717) is 39.9 Å². The quantitative estimate of drug-likeness (QED) is 0.369. The van der Waals surface area contributed by atoms with Gasteiger partial charge in [0.1, 0.15) is 17.8 Å². The zero-order chi connectivity index (χ0) is 24.1. The smallest absolute Gasteiger partial charge is 0.337 e. The van der Waals surface area contributed by atoms with Gasteiger partial charge in [-0.3, -0.25) is 0 Å². The number of nitrogens with zero attached hydrogens (tertiary/aromatic N) is 5. The molecule has 1 fully saturated rings. The Morgan fingerprint density at radius 1 is 1.09 bits per heavy atom. The third-order valence-corrected chi connectivity index (χ3v) is 6.23. The lowest BCUT2D eigenvalue weighted by molar-refractivity contribution is 0.0601. The number of ether oxygens (including phenoxy) is 1.